The van der Waals surface area contributed by atoms with Crippen LogP contribution in [0.4, 0.5) is 0 Å². The number of aliphatic hydroxyl groups is 2. The molecule has 0 amide bonds. The van der Waals surface area contributed by atoms with Crippen LogP contribution in [0.1, 0.15) is 44.1 Å². The third-order valence-corrected chi connectivity index (χ3v) is 4.41. The molecule has 0 aliphatic rings. The zero-order valence-corrected chi connectivity index (χ0v) is 15.3. The van der Waals surface area contributed by atoms with Crippen LogP contribution in [-0.4, -0.2) is 33.1 Å². The monoisotopic (exact) mass is 363 g/mol. The van der Waals surface area contributed by atoms with E-state index in [0.717, 1.165) is 5.76 Å². The predicted octanol–water partition coefficient (Wildman–Crippen LogP) is 2.93. The molecule has 144 valence electrons. The predicted molar refractivity (Wildman–Crippen MR) is 98.7 cm³/mol. The van der Waals surface area contributed by atoms with E-state index in [9.17, 15) is 20.4 Å². The number of hydrogen-bond donors (Lipinski definition) is 5. The summed E-state index contributed by atoms with van der Waals surface area (Å²) in [6, 6.07) is 7.75. The van der Waals surface area contributed by atoms with Crippen LogP contribution < -0.4 is 5.32 Å². The Bertz CT molecular complexity index is 636. The Morgan fingerprint density at radius 3 is 2.35 bits per heavy atom. The standard InChI is InChI=1S/C20H29NO5/c1-13(2)8-18(20(25)14-9-15(22)11-16(23)10-14)19(24)5-6-21-12-17-4-3-7-26-17/h3-4,7,9-11,13,18-25H,5-6,8,12H2,1-2H3/t18-,19-,20+/m1/s1. The highest BCUT2D eigenvalue weighted by molar-refractivity contribution is 5.37. The summed E-state index contributed by atoms with van der Waals surface area (Å²) in [5.41, 5.74) is 0.399. The van der Waals surface area contributed by atoms with Gasteiger partial charge in [-0.1, -0.05) is 13.8 Å². The zero-order valence-electron chi connectivity index (χ0n) is 15.3. The Kier molecular flexibility index (Phi) is 7.50. The van der Waals surface area contributed by atoms with Gasteiger partial charge in [-0.15, -0.1) is 0 Å². The molecule has 1 aromatic carbocycles. The van der Waals surface area contributed by atoms with Crippen LogP contribution in [0.3, 0.4) is 0 Å². The minimum absolute atomic E-state index is 0.114. The Hall–Kier alpha value is -2.02. The lowest BCUT2D eigenvalue weighted by molar-refractivity contribution is -0.00333. The maximum absolute atomic E-state index is 10.7. The first-order valence-corrected chi connectivity index (χ1v) is 8.99. The summed E-state index contributed by atoms with van der Waals surface area (Å²) in [4.78, 5) is 0. The lowest BCUT2D eigenvalue weighted by Gasteiger charge is -2.29. The van der Waals surface area contributed by atoms with Crippen molar-refractivity contribution in [2.75, 3.05) is 6.54 Å². The van der Waals surface area contributed by atoms with Gasteiger partial charge < -0.3 is 30.2 Å². The maximum Gasteiger partial charge on any atom is 0.119 e. The van der Waals surface area contributed by atoms with E-state index in [1.54, 1.807) is 6.26 Å². The van der Waals surface area contributed by atoms with E-state index in [2.05, 4.69) is 5.32 Å². The van der Waals surface area contributed by atoms with E-state index in [4.69, 9.17) is 4.42 Å². The van der Waals surface area contributed by atoms with Gasteiger partial charge in [0.2, 0.25) is 0 Å². The fourth-order valence-electron chi connectivity index (χ4n) is 3.17. The van der Waals surface area contributed by atoms with Crippen molar-refractivity contribution < 1.29 is 24.8 Å². The molecule has 1 aromatic heterocycles. The first-order chi connectivity index (χ1) is 12.4. The first-order valence-electron chi connectivity index (χ1n) is 8.99. The van der Waals surface area contributed by atoms with Crippen molar-refractivity contribution in [1.29, 1.82) is 0 Å². The number of phenolic OH excluding ortho intramolecular Hbond substituents is 2. The van der Waals surface area contributed by atoms with E-state index in [1.807, 2.05) is 26.0 Å². The Morgan fingerprint density at radius 1 is 1.08 bits per heavy atom. The second-order valence-electron chi connectivity index (χ2n) is 7.13. The molecule has 1 heterocycles. The fourth-order valence-corrected chi connectivity index (χ4v) is 3.17. The number of phenols is 2. The topological polar surface area (TPSA) is 106 Å². The molecule has 0 fully saturated rings. The van der Waals surface area contributed by atoms with Crippen LogP contribution in [0.25, 0.3) is 0 Å². The van der Waals surface area contributed by atoms with Crippen LogP contribution in [0.5, 0.6) is 11.5 Å². The smallest absolute Gasteiger partial charge is 0.119 e. The molecule has 0 aliphatic carbocycles. The average molecular weight is 363 g/mol. The molecule has 3 atom stereocenters. The molecule has 0 saturated carbocycles. The number of nitrogens with one attached hydrogen (secondary N) is 1. The molecule has 0 unspecified atom stereocenters. The van der Waals surface area contributed by atoms with Gasteiger partial charge in [-0.05, 0) is 55.1 Å². The number of furan rings is 1. The van der Waals surface area contributed by atoms with Crippen molar-refractivity contribution in [1.82, 2.24) is 5.32 Å². The molecule has 0 saturated heterocycles. The molecule has 0 spiro atoms. The lowest BCUT2D eigenvalue weighted by atomic mass is 9.83. The summed E-state index contributed by atoms with van der Waals surface area (Å²) >= 11 is 0. The van der Waals surface area contributed by atoms with E-state index in [-0.39, 0.29) is 17.4 Å². The third-order valence-electron chi connectivity index (χ3n) is 4.41. The van der Waals surface area contributed by atoms with Gasteiger partial charge in [-0.25, -0.2) is 0 Å². The molecule has 6 heteroatoms. The van der Waals surface area contributed by atoms with Crippen molar-refractivity contribution in [3.05, 3.63) is 47.9 Å². The minimum atomic E-state index is -0.976. The van der Waals surface area contributed by atoms with Crippen LogP contribution in [0.15, 0.2) is 41.0 Å². The van der Waals surface area contributed by atoms with Crippen molar-refractivity contribution in [2.45, 2.75) is 45.4 Å². The molecule has 0 radical (unpaired) electrons. The van der Waals surface area contributed by atoms with E-state index in [1.165, 1.54) is 18.2 Å². The van der Waals surface area contributed by atoms with Crippen LogP contribution in [0, 0.1) is 11.8 Å². The number of hydrogen-bond acceptors (Lipinski definition) is 6. The van der Waals surface area contributed by atoms with Crippen molar-refractivity contribution >= 4 is 0 Å². The summed E-state index contributed by atoms with van der Waals surface area (Å²) in [5.74, 6) is 0.482. The van der Waals surface area contributed by atoms with E-state index in [0.29, 0.717) is 31.5 Å². The largest absolute Gasteiger partial charge is 0.508 e. The lowest BCUT2D eigenvalue weighted by Crippen LogP contribution is -2.31. The van der Waals surface area contributed by atoms with Gasteiger partial charge in [0.05, 0.1) is 25.0 Å². The van der Waals surface area contributed by atoms with E-state index < -0.39 is 18.1 Å². The number of aromatic hydroxyl groups is 2. The van der Waals surface area contributed by atoms with Gasteiger partial charge in [0.25, 0.3) is 0 Å². The van der Waals surface area contributed by atoms with Crippen LogP contribution in [0.2, 0.25) is 0 Å². The minimum Gasteiger partial charge on any atom is -0.508 e. The molecule has 0 aliphatic heterocycles. The molecule has 6 nitrogen and oxygen atoms in total. The molecular formula is C20H29NO5. The van der Waals surface area contributed by atoms with Gasteiger partial charge in [-0.2, -0.15) is 0 Å². The molecular weight excluding hydrogens is 334 g/mol. The highest BCUT2D eigenvalue weighted by Crippen LogP contribution is 2.34. The van der Waals surface area contributed by atoms with Gasteiger partial charge in [0.15, 0.2) is 0 Å². The van der Waals surface area contributed by atoms with Gasteiger partial charge in [-0.3, -0.25) is 0 Å². The highest BCUT2D eigenvalue weighted by atomic mass is 16.3. The summed E-state index contributed by atoms with van der Waals surface area (Å²) < 4.78 is 5.25. The SMILES string of the molecule is CC(C)C[C@H]([C@H](O)CCNCc1ccco1)[C@@H](O)c1cc(O)cc(O)c1. The Morgan fingerprint density at radius 2 is 1.77 bits per heavy atom. The maximum atomic E-state index is 10.7. The molecule has 0 bridgehead atoms. The highest BCUT2D eigenvalue weighted by Gasteiger charge is 2.29. The third kappa shape index (κ3) is 6.05. The fraction of sp³-hybridized carbons (Fsp3) is 0.500. The second-order valence-corrected chi connectivity index (χ2v) is 7.13. The quantitative estimate of drug-likeness (QED) is 0.416. The summed E-state index contributed by atoms with van der Waals surface area (Å²) in [5, 5.41) is 43.9. The van der Waals surface area contributed by atoms with Crippen LogP contribution in [-0.2, 0) is 6.54 Å². The molecule has 5 N–H and O–H groups in total. The Balaban J connectivity index is 1.97. The second kappa shape index (κ2) is 9.62. The van der Waals surface area contributed by atoms with Gasteiger partial charge in [0, 0.05) is 12.0 Å². The number of aliphatic hydroxyl groups excluding tert-OH is 2. The number of benzene rings is 1. The summed E-state index contributed by atoms with van der Waals surface area (Å²) in [6.45, 7) is 5.22. The van der Waals surface area contributed by atoms with Crippen molar-refractivity contribution in [3.63, 3.8) is 0 Å². The summed E-state index contributed by atoms with van der Waals surface area (Å²) in [7, 11) is 0. The molecule has 2 rings (SSSR count). The number of rotatable bonds is 10. The van der Waals surface area contributed by atoms with E-state index >= 15 is 0 Å². The molecule has 2 aromatic rings. The normalized spacial score (nSPS) is 15.1. The Labute approximate surface area is 154 Å². The van der Waals surface area contributed by atoms with Crippen LogP contribution >= 0.6 is 0 Å². The van der Waals surface area contributed by atoms with Gasteiger partial charge in [0.1, 0.15) is 17.3 Å². The zero-order chi connectivity index (χ0) is 19.1. The average Bonchev–Trinajstić information content (AvgIpc) is 3.08. The van der Waals surface area contributed by atoms with Crippen molar-refractivity contribution in [2.24, 2.45) is 11.8 Å². The van der Waals surface area contributed by atoms with Crippen molar-refractivity contribution in [3.8, 4) is 11.5 Å². The molecule has 26 heavy (non-hydrogen) atoms. The summed E-state index contributed by atoms with van der Waals surface area (Å²) in [6.07, 6.45) is 1.01. The first kappa shape index (κ1) is 20.3. The van der Waals surface area contributed by atoms with Gasteiger partial charge >= 0.3 is 0 Å².